The number of ketones is 1. The van der Waals surface area contributed by atoms with Gasteiger partial charge in [0.15, 0.2) is 0 Å². The first-order chi connectivity index (χ1) is 12.1. The van der Waals surface area contributed by atoms with Crippen LogP contribution in [0, 0.1) is 5.92 Å². The van der Waals surface area contributed by atoms with Crippen molar-refractivity contribution in [3.8, 4) is 0 Å². The zero-order valence-corrected chi connectivity index (χ0v) is 14.9. The highest BCUT2D eigenvalue weighted by Gasteiger charge is 2.20. The van der Waals surface area contributed by atoms with Gasteiger partial charge in [-0.2, -0.15) is 0 Å². The molecule has 25 heavy (non-hydrogen) atoms. The number of Topliss-reactive ketones (excluding diaryl/α,β-unsaturated/α-hetero) is 1. The highest BCUT2D eigenvalue weighted by Crippen LogP contribution is 2.13. The third kappa shape index (κ3) is 6.51. The molecule has 1 atom stereocenters. The molecule has 0 spiro atoms. The van der Waals surface area contributed by atoms with Crippen LogP contribution in [0.25, 0.3) is 0 Å². The molecule has 0 aliphatic carbocycles. The van der Waals surface area contributed by atoms with Gasteiger partial charge < -0.3 is 4.74 Å². The summed E-state index contributed by atoms with van der Waals surface area (Å²) in [4.78, 5) is 26.1. The molecule has 0 saturated carbocycles. The number of hydrogen-bond acceptors (Lipinski definition) is 4. The van der Waals surface area contributed by atoms with Gasteiger partial charge in [0.25, 0.3) is 0 Å². The van der Waals surface area contributed by atoms with E-state index in [4.69, 9.17) is 0 Å². The van der Waals surface area contributed by atoms with Crippen molar-refractivity contribution in [1.29, 1.82) is 0 Å². The summed E-state index contributed by atoms with van der Waals surface area (Å²) in [5, 5.41) is 0. The molecular formula is C21H25NO3. The third-order valence-corrected chi connectivity index (χ3v) is 4.13. The summed E-state index contributed by atoms with van der Waals surface area (Å²) in [7, 11) is 1.34. The van der Waals surface area contributed by atoms with Crippen LogP contribution in [0.15, 0.2) is 60.7 Å². The fourth-order valence-corrected chi connectivity index (χ4v) is 2.67. The molecule has 0 unspecified atom stereocenters. The van der Waals surface area contributed by atoms with Gasteiger partial charge in [-0.3, -0.25) is 14.5 Å². The predicted molar refractivity (Wildman–Crippen MR) is 97.8 cm³/mol. The molecule has 4 nitrogen and oxygen atoms in total. The van der Waals surface area contributed by atoms with E-state index in [1.54, 1.807) is 6.92 Å². The molecule has 0 aromatic heterocycles. The van der Waals surface area contributed by atoms with Gasteiger partial charge in [-0.15, -0.1) is 0 Å². The quantitative estimate of drug-likeness (QED) is 0.657. The van der Waals surface area contributed by atoms with E-state index in [-0.39, 0.29) is 24.1 Å². The molecule has 0 amide bonds. The zero-order chi connectivity index (χ0) is 18.1. The largest absolute Gasteiger partial charge is 0.469 e. The van der Waals surface area contributed by atoms with Crippen molar-refractivity contribution < 1.29 is 14.3 Å². The minimum absolute atomic E-state index is 0.0530. The van der Waals surface area contributed by atoms with Crippen LogP contribution >= 0.6 is 0 Å². The van der Waals surface area contributed by atoms with Gasteiger partial charge in [0.05, 0.1) is 20.1 Å². The van der Waals surface area contributed by atoms with Crippen molar-refractivity contribution in [2.75, 3.05) is 13.7 Å². The zero-order valence-electron chi connectivity index (χ0n) is 14.9. The first-order valence-corrected chi connectivity index (χ1v) is 8.48. The van der Waals surface area contributed by atoms with Gasteiger partial charge in [0, 0.05) is 19.0 Å². The molecule has 0 aliphatic heterocycles. The molecule has 2 aromatic carbocycles. The van der Waals surface area contributed by atoms with Crippen molar-refractivity contribution >= 4 is 11.8 Å². The number of carbonyl (C=O) groups is 2. The Kier molecular flexibility index (Phi) is 7.36. The fourth-order valence-electron chi connectivity index (χ4n) is 2.67. The molecule has 2 rings (SSSR count). The predicted octanol–water partition coefficient (Wildman–Crippen LogP) is 3.46. The van der Waals surface area contributed by atoms with E-state index >= 15 is 0 Å². The van der Waals surface area contributed by atoms with E-state index in [1.807, 2.05) is 36.4 Å². The second-order valence-corrected chi connectivity index (χ2v) is 6.26. The van der Waals surface area contributed by atoms with Gasteiger partial charge in [-0.25, -0.2) is 0 Å². The lowest BCUT2D eigenvalue weighted by Gasteiger charge is -2.23. The van der Waals surface area contributed by atoms with Crippen molar-refractivity contribution in [3.63, 3.8) is 0 Å². The molecule has 0 fully saturated rings. The maximum Gasteiger partial charge on any atom is 0.306 e. The molecule has 0 N–H and O–H groups in total. The highest BCUT2D eigenvalue weighted by molar-refractivity contribution is 5.86. The van der Waals surface area contributed by atoms with Crippen molar-refractivity contribution in [2.24, 2.45) is 5.92 Å². The lowest BCUT2D eigenvalue weighted by Crippen LogP contribution is -2.32. The molecule has 4 heteroatoms. The Bertz CT molecular complexity index is 629. The summed E-state index contributed by atoms with van der Waals surface area (Å²) in [6.45, 7) is 3.46. The first-order valence-electron chi connectivity index (χ1n) is 8.48. The van der Waals surface area contributed by atoms with Crippen molar-refractivity contribution in [3.05, 3.63) is 71.8 Å². The Balaban J connectivity index is 2.05. The Labute approximate surface area is 149 Å². The number of ether oxygens (including phenoxy) is 1. The molecule has 2 aromatic rings. The van der Waals surface area contributed by atoms with Gasteiger partial charge in [-0.05, 0) is 11.1 Å². The van der Waals surface area contributed by atoms with Crippen LogP contribution in [0.3, 0.4) is 0 Å². The van der Waals surface area contributed by atoms with Crippen LogP contribution in [-0.4, -0.2) is 30.3 Å². The van der Waals surface area contributed by atoms with E-state index < -0.39 is 0 Å². The van der Waals surface area contributed by atoms with E-state index in [2.05, 4.69) is 33.9 Å². The Hall–Kier alpha value is -2.46. The number of hydrogen-bond donors (Lipinski definition) is 0. The average molecular weight is 339 g/mol. The maximum absolute atomic E-state index is 12.5. The summed E-state index contributed by atoms with van der Waals surface area (Å²) in [5.74, 6) is -0.641. The summed E-state index contributed by atoms with van der Waals surface area (Å²) < 4.78 is 4.66. The Morgan fingerprint density at radius 3 is 1.84 bits per heavy atom. The Morgan fingerprint density at radius 1 is 0.920 bits per heavy atom. The van der Waals surface area contributed by atoms with E-state index in [9.17, 15) is 9.59 Å². The summed E-state index contributed by atoms with van der Waals surface area (Å²) in [5.41, 5.74) is 2.32. The van der Waals surface area contributed by atoms with Crippen LogP contribution in [-0.2, 0) is 27.4 Å². The molecule has 0 heterocycles. The van der Waals surface area contributed by atoms with Gasteiger partial charge in [-0.1, -0.05) is 67.6 Å². The van der Waals surface area contributed by atoms with Crippen LogP contribution in [0.4, 0.5) is 0 Å². The molecule has 0 aliphatic rings. The van der Waals surface area contributed by atoms with E-state index in [1.165, 1.54) is 7.11 Å². The second-order valence-electron chi connectivity index (χ2n) is 6.26. The maximum atomic E-state index is 12.5. The van der Waals surface area contributed by atoms with Crippen molar-refractivity contribution in [2.45, 2.75) is 26.4 Å². The van der Waals surface area contributed by atoms with E-state index in [0.29, 0.717) is 19.6 Å². The van der Waals surface area contributed by atoms with E-state index in [0.717, 1.165) is 11.1 Å². The number of carbonyl (C=O) groups excluding carboxylic acids is 2. The summed E-state index contributed by atoms with van der Waals surface area (Å²) >= 11 is 0. The average Bonchev–Trinajstić information content (AvgIpc) is 2.63. The molecular weight excluding hydrogens is 314 g/mol. The Morgan fingerprint density at radius 2 is 1.40 bits per heavy atom. The van der Waals surface area contributed by atoms with Crippen molar-refractivity contribution in [1.82, 2.24) is 4.90 Å². The number of benzene rings is 2. The summed E-state index contributed by atoms with van der Waals surface area (Å²) in [6, 6.07) is 20.2. The first kappa shape index (κ1) is 18.9. The molecule has 132 valence electrons. The minimum atomic E-state index is -0.349. The monoisotopic (exact) mass is 339 g/mol. The minimum Gasteiger partial charge on any atom is -0.469 e. The van der Waals surface area contributed by atoms with Crippen LogP contribution in [0.2, 0.25) is 0 Å². The topological polar surface area (TPSA) is 46.6 Å². The van der Waals surface area contributed by atoms with Gasteiger partial charge >= 0.3 is 5.97 Å². The molecule has 0 bridgehead atoms. The molecule has 0 saturated heterocycles. The van der Waals surface area contributed by atoms with Crippen LogP contribution < -0.4 is 0 Å². The fraction of sp³-hybridized carbons (Fsp3) is 0.333. The number of rotatable bonds is 9. The lowest BCUT2D eigenvalue weighted by atomic mass is 10.0. The third-order valence-electron chi connectivity index (χ3n) is 4.13. The normalized spacial score (nSPS) is 12.0. The SMILES string of the molecule is COC(=O)C[C@@H](C)C(=O)CN(Cc1ccccc1)Cc1ccccc1. The number of nitrogens with zero attached hydrogens (tertiary/aromatic N) is 1. The highest BCUT2D eigenvalue weighted by atomic mass is 16.5. The van der Waals surface area contributed by atoms with Gasteiger partial charge in [0.2, 0.25) is 0 Å². The molecule has 0 radical (unpaired) electrons. The van der Waals surface area contributed by atoms with Crippen LogP contribution in [0.1, 0.15) is 24.5 Å². The van der Waals surface area contributed by atoms with Crippen LogP contribution in [0.5, 0.6) is 0 Å². The summed E-state index contributed by atoms with van der Waals surface area (Å²) in [6.07, 6.45) is 0.125. The lowest BCUT2D eigenvalue weighted by molar-refractivity contribution is -0.143. The van der Waals surface area contributed by atoms with Gasteiger partial charge in [0.1, 0.15) is 5.78 Å². The number of esters is 1. The smallest absolute Gasteiger partial charge is 0.306 e. The number of methoxy groups -OCH3 is 1. The second kappa shape index (κ2) is 9.74. The standard InChI is InChI=1S/C21H25NO3/c1-17(13-21(24)25-2)20(23)16-22(14-18-9-5-3-6-10-18)15-19-11-7-4-8-12-19/h3-12,17H,13-16H2,1-2H3/t17-/m1/s1.